The standard InChI is InChI=1S/C10H7F3N2O3/c11-10(12,13)8-2-1-7(3-6(8)4-14)15-18-5-9(16)17/h1-3,15H,5H2,(H,16,17). The second-order valence-corrected chi connectivity index (χ2v) is 3.15. The third-order valence-electron chi connectivity index (χ3n) is 1.83. The van der Waals surface area contributed by atoms with Crippen LogP contribution in [0.5, 0.6) is 0 Å². The van der Waals surface area contributed by atoms with Crippen LogP contribution in [0, 0.1) is 11.3 Å². The van der Waals surface area contributed by atoms with Crippen LogP contribution in [0.2, 0.25) is 0 Å². The number of nitriles is 1. The molecule has 0 aliphatic carbocycles. The molecule has 0 heterocycles. The van der Waals surface area contributed by atoms with E-state index in [2.05, 4.69) is 10.3 Å². The van der Waals surface area contributed by atoms with Crippen LogP contribution in [0.25, 0.3) is 0 Å². The molecule has 0 radical (unpaired) electrons. The number of aliphatic carboxylic acids is 1. The Balaban J connectivity index is 2.87. The van der Waals surface area contributed by atoms with Crippen LogP contribution in [0.15, 0.2) is 18.2 Å². The predicted molar refractivity (Wildman–Crippen MR) is 53.4 cm³/mol. The number of anilines is 1. The summed E-state index contributed by atoms with van der Waals surface area (Å²) in [4.78, 5) is 14.6. The predicted octanol–water partition coefficient (Wildman–Crippen LogP) is 2.01. The Bertz CT molecular complexity index is 494. The van der Waals surface area contributed by atoms with Crippen molar-refractivity contribution in [3.63, 3.8) is 0 Å². The van der Waals surface area contributed by atoms with E-state index < -0.39 is 29.9 Å². The van der Waals surface area contributed by atoms with Crippen LogP contribution in [-0.2, 0) is 15.8 Å². The van der Waals surface area contributed by atoms with E-state index in [9.17, 15) is 18.0 Å². The summed E-state index contributed by atoms with van der Waals surface area (Å²) in [7, 11) is 0. The molecule has 0 fully saturated rings. The fourth-order valence-corrected chi connectivity index (χ4v) is 1.13. The average molecular weight is 260 g/mol. The maximum atomic E-state index is 12.4. The molecule has 1 aromatic rings. The molecule has 0 saturated carbocycles. The van der Waals surface area contributed by atoms with Gasteiger partial charge in [-0.2, -0.15) is 18.4 Å². The summed E-state index contributed by atoms with van der Waals surface area (Å²) < 4.78 is 37.3. The highest BCUT2D eigenvalue weighted by molar-refractivity contribution is 5.68. The van der Waals surface area contributed by atoms with Gasteiger partial charge >= 0.3 is 12.1 Å². The van der Waals surface area contributed by atoms with Gasteiger partial charge in [0.05, 0.1) is 22.9 Å². The Labute approximate surface area is 99.4 Å². The van der Waals surface area contributed by atoms with Crippen molar-refractivity contribution in [2.45, 2.75) is 6.18 Å². The van der Waals surface area contributed by atoms with Gasteiger partial charge in [0.25, 0.3) is 0 Å². The fourth-order valence-electron chi connectivity index (χ4n) is 1.13. The summed E-state index contributed by atoms with van der Waals surface area (Å²) in [5, 5.41) is 16.9. The largest absolute Gasteiger partial charge is 0.479 e. The molecule has 18 heavy (non-hydrogen) atoms. The molecule has 8 heteroatoms. The van der Waals surface area contributed by atoms with Gasteiger partial charge in [0.1, 0.15) is 0 Å². The first-order chi connectivity index (χ1) is 8.34. The summed E-state index contributed by atoms with van der Waals surface area (Å²) in [6.07, 6.45) is -4.62. The van der Waals surface area contributed by atoms with Crippen molar-refractivity contribution in [1.29, 1.82) is 5.26 Å². The number of carbonyl (C=O) groups is 1. The van der Waals surface area contributed by atoms with Crippen LogP contribution in [0.1, 0.15) is 11.1 Å². The smallest absolute Gasteiger partial charge is 0.417 e. The van der Waals surface area contributed by atoms with Crippen molar-refractivity contribution in [3.8, 4) is 6.07 Å². The van der Waals surface area contributed by atoms with E-state index in [0.29, 0.717) is 6.07 Å². The van der Waals surface area contributed by atoms with Gasteiger partial charge in [-0.05, 0) is 18.2 Å². The SMILES string of the molecule is N#Cc1cc(NOCC(=O)O)ccc1C(F)(F)F. The first-order valence-corrected chi connectivity index (χ1v) is 4.55. The number of carboxylic acid groups (broad SMARTS) is 1. The lowest BCUT2D eigenvalue weighted by atomic mass is 10.1. The number of benzene rings is 1. The number of carboxylic acids is 1. The highest BCUT2D eigenvalue weighted by Crippen LogP contribution is 2.32. The van der Waals surface area contributed by atoms with E-state index in [4.69, 9.17) is 10.4 Å². The Morgan fingerprint density at radius 3 is 2.67 bits per heavy atom. The minimum absolute atomic E-state index is 0.0563. The molecule has 0 bridgehead atoms. The summed E-state index contributed by atoms with van der Waals surface area (Å²) in [5.41, 5.74) is 0.548. The minimum atomic E-state index is -4.62. The van der Waals surface area contributed by atoms with Gasteiger partial charge in [-0.3, -0.25) is 10.3 Å². The molecule has 0 atom stereocenters. The monoisotopic (exact) mass is 260 g/mol. The summed E-state index contributed by atoms with van der Waals surface area (Å²) in [6, 6.07) is 4.08. The van der Waals surface area contributed by atoms with Crippen LogP contribution in [0.3, 0.4) is 0 Å². The maximum Gasteiger partial charge on any atom is 0.417 e. The topological polar surface area (TPSA) is 82.3 Å². The van der Waals surface area contributed by atoms with E-state index in [0.717, 1.165) is 12.1 Å². The van der Waals surface area contributed by atoms with Crippen LogP contribution >= 0.6 is 0 Å². The van der Waals surface area contributed by atoms with Gasteiger partial charge in [0.15, 0.2) is 6.61 Å². The summed E-state index contributed by atoms with van der Waals surface area (Å²) in [5.74, 6) is -1.24. The number of nitrogens with one attached hydrogen (secondary N) is 1. The van der Waals surface area contributed by atoms with Gasteiger partial charge in [-0.1, -0.05) is 0 Å². The van der Waals surface area contributed by atoms with E-state index in [-0.39, 0.29) is 5.69 Å². The highest BCUT2D eigenvalue weighted by Gasteiger charge is 2.33. The second kappa shape index (κ2) is 5.37. The molecule has 0 aliphatic heterocycles. The summed E-state index contributed by atoms with van der Waals surface area (Å²) >= 11 is 0. The quantitative estimate of drug-likeness (QED) is 0.809. The van der Waals surface area contributed by atoms with Crippen molar-refractivity contribution in [2.75, 3.05) is 12.1 Å². The van der Waals surface area contributed by atoms with Crippen molar-refractivity contribution < 1.29 is 27.9 Å². The number of halogens is 3. The molecule has 0 aliphatic rings. The molecule has 0 aromatic heterocycles. The molecule has 1 aromatic carbocycles. The first-order valence-electron chi connectivity index (χ1n) is 4.55. The van der Waals surface area contributed by atoms with Gasteiger partial charge in [-0.25, -0.2) is 4.79 Å². The number of nitrogens with zero attached hydrogens (tertiary/aromatic N) is 1. The molecular weight excluding hydrogens is 253 g/mol. The first kappa shape index (κ1) is 13.8. The zero-order chi connectivity index (χ0) is 13.8. The zero-order valence-corrected chi connectivity index (χ0v) is 8.78. The van der Waals surface area contributed by atoms with Gasteiger partial charge in [0, 0.05) is 0 Å². The Morgan fingerprint density at radius 2 is 2.17 bits per heavy atom. The lowest BCUT2D eigenvalue weighted by Crippen LogP contribution is -2.12. The van der Waals surface area contributed by atoms with E-state index in [1.165, 1.54) is 6.07 Å². The molecule has 2 N–H and O–H groups in total. The number of hydrogen-bond donors (Lipinski definition) is 2. The normalized spacial score (nSPS) is 10.8. The molecule has 0 amide bonds. The highest BCUT2D eigenvalue weighted by atomic mass is 19.4. The average Bonchev–Trinajstić information content (AvgIpc) is 2.26. The van der Waals surface area contributed by atoms with Gasteiger partial charge in [0.2, 0.25) is 0 Å². The molecule has 5 nitrogen and oxygen atoms in total. The number of rotatable bonds is 4. The zero-order valence-electron chi connectivity index (χ0n) is 8.78. The molecule has 96 valence electrons. The van der Waals surface area contributed by atoms with Crippen molar-refractivity contribution in [1.82, 2.24) is 0 Å². The molecular formula is C10H7F3N2O3. The number of alkyl halides is 3. The van der Waals surface area contributed by atoms with Crippen LogP contribution < -0.4 is 5.48 Å². The maximum absolute atomic E-state index is 12.4. The molecule has 0 saturated heterocycles. The van der Waals surface area contributed by atoms with E-state index >= 15 is 0 Å². The third kappa shape index (κ3) is 3.64. The molecule has 1 rings (SSSR count). The van der Waals surface area contributed by atoms with Crippen molar-refractivity contribution in [2.24, 2.45) is 0 Å². The van der Waals surface area contributed by atoms with Crippen molar-refractivity contribution in [3.05, 3.63) is 29.3 Å². The second-order valence-electron chi connectivity index (χ2n) is 3.15. The van der Waals surface area contributed by atoms with Gasteiger partial charge < -0.3 is 5.11 Å². The van der Waals surface area contributed by atoms with Crippen molar-refractivity contribution >= 4 is 11.7 Å². The van der Waals surface area contributed by atoms with E-state index in [1.807, 2.05) is 0 Å². The van der Waals surface area contributed by atoms with Crippen LogP contribution in [0.4, 0.5) is 18.9 Å². The van der Waals surface area contributed by atoms with Crippen LogP contribution in [-0.4, -0.2) is 17.7 Å². The fraction of sp³-hybridized carbons (Fsp3) is 0.200. The molecule has 0 spiro atoms. The minimum Gasteiger partial charge on any atom is -0.479 e. The van der Waals surface area contributed by atoms with E-state index in [1.54, 1.807) is 0 Å². The lowest BCUT2D eigenvalue weighted by Gasteiger charge is -2.10. The lowest BCUT2D eigenvalue weighted by molar-refractivity contribution is -0.141. The molecule has 0 unspecified atom stereocenters. The Hall–Kier alpha value is -2.27. The summed E-state index contributed by atoms with van der Waals surface area (Å²) in [6.45, 7) is -0.664. The number of hydrogen-bond acceptors (Lipinski definition) is 4. The Morgan fingerprint density at radius 1 is 1.50 bits per heavy atom. The van der Waals surface area contributed by atoms with Gasteiger partial charge in [-0.15, -0.1) is 0 Å². The third-order valence-corrected chi connectivity index (χ3v) is 1.83. The Kier molecular flexibility index (Phi) is 4.12.